The molecule has 0 fully saturated rings. The van der Waals surface area contributed by atoms with Crippen LogP contribution in [-0.2, 0) is 13.1 Å². The Morgan fingerprint density at radius 2 is 1.87 bits per heavy atom. The second kappa shape index (κ2) is 10.1. The monoisotopic (exact) mass is 413 g/mol. The third kappa shape index (κ3) is 5.08. The zero-order valence-electron chi connectivity index (χ0n) is 17.4. The zero-order chi connectivity index (χ0) is 21.5. The highest BCUT2D eigenvalue weighted by Gasteiger charge is 2.18. The summed E-state index contributed by atoms with van der Waals surface area (Å²) in [6.45, 7) is 3.85. The van der Waals surface area contributed by atoms with Crippen LogP contribution < -0.4 is 15.2 Å². The van der Waals surface area contributed by atoms with Crippen LogP contribution in [0.15, 0.2) is 57.8 Å². The average molecular weight is 413 g/mol. The van der Waals surface area contributed by atoms with E-state index in [1.807, 2.05) is 55.5 Å². The van der Waals surface area contributed by atoms with Crippen LogP contribution in [0.1, 0.15) is 12.5 Å². The molecule has 30 heavy (non-hydrogen) atoms. The first-order valence-corrected chi connectivity index (χ1v) is 9.79. The van der Waals surface area contributed by atoms with Crippen molar-refractivity contribution in [2.45, 2.75) is 26.1 Å². The van der Waals surface area contributed by atoms with Crippen molar-refractivity contribution in [2.75, 3.05) is 27.3 Å². The molecule has 0 amide bonds. The number of hydrogen-bond acceptors (Lipinski definition) is 7. The van der Waals surface area contributed by atoms with E-state index in [1.54, 1.807) is 14.2 Å². The highest BCUT2D eigenvalue weighted by atomic mass is 16.5. The summed E-state index contributed by atoms with van der Waals surface area (Å²) < 4.78 is 16.8. The fourth-order valence-electron chi connectivity index (χ4n) is 3.33. The molecule has 2 aromatic carbocycles. The molecule has 1 N–H and O–H groups in total. The Kier molecular flexibility index (Phi) is 7.26. The van der Waals surface area contributed by atoms with Gasteiger partial charge >= 0.3 is 5.76 Å². The van der Waals surface area contributed by atoms with Gasteiger partial charge in [-0.2, -0.15) is 0 Å². The molecule has 0 bridgehead atoms. The molecule has 8 heteroatoms. The van der Waals surface area contributed by atoms with Gasteiger partial charge in [0.2, 0.25) is 0 Å². The van der Waals surface area contributed by atoms with Crippen molar-refractivity contribution in [1.29, 1.82) is 0 Å². The predicted molar refractivity (Wildman–Crippen MR) is 113 cm³/mol. The van der Waals surface area contributed by atoms with E-state index >= 15 is 0 Å². The summed E-state index contributed by atoms with van der Waals surface area (Å²) in [4.78, 5) is 14.2. The maximum atomic E-state index is 12.1. The van der Waals surface area contributed by atoms with Crippen molar-refractivity contribution >= 4 is 0 Å². The van der Waals surface area contributed by atoms with Crippen LogP contribution in [-0.4, -0.2) is 53.1 Å². The summed E-state index contributed by atoms with van der Waals surface area (Å²) in [6, 6.07) is 15.0. The molecule has 0 radical (unpaired) electrons. The van der Waals surface area contributed by atoms with Gasteiger partial charge in [-0.15, -0.1) is 0 Å². The molecule has 3 aromatic rings. The summed E-state index contributed by atoms with van der Waals surface area (Å²) in [5, 5.41) is 14.5. The zero-order valence-corrected chi connectivity index (χ0v) is 17.4. The minimum Gasteiger partial charge on any atom is -0.493 e. The number of methoxy groups -OCH3 is 2. The fourth-order valence-corrected chi connectivity index (χ4v) is 3.33. The molecule has 0 aliphatic heterocycles. The number of aliphatic hydroxyl groups is 1. The van der Waals surface area contributed by atoms with Gasteiger partial charge in [0.15, 0.2) is 17.3 Å². The van der Waals surface area contributed by atoms with Crippen LogP contribution in [0.4, 0.5) is 0 Å². The highest BCUT2D eigenvalue weighted by molar-refractivity contribution is 5.54. The summed E-state index contributed by atoms with van der Waals surface area (Å²) >= 11 is 0. The van der Waals surface area contributed by atoms with E-state index in [4.69, 9.17) is 14.0 Å². The van der Waals surface area contributed by atoms with Gasteiger partial charge in [0.1, 0.15) is 0 Å². The number of ether oxygens (including phenoxy) is 2. The summed E-state index contributed by atoms with van der Waals surface area (Å²) in [7, 11) is 3.20. The second-order valence-electron chi connectivity index (χ2n) is 6.92. The number of likely N-dealkylation sites (N-methyl/N-ethyl adjacent to an activating group) is 1. The Morgan fingerprint density at radius 3 is 2.53 bits per heavy atom. The second-order valence-corrected chi connectivity index (χ2v) is 6.92. The lowest BCUT2D eigenvalue weighted by molar-refractivity contribution is 0.0956. The van der Waals surface area contributed by atoms with Crippen LogP contribution in [0.2, 0.25) is 0 Å². The lowest BCUT2D eigenvalue weighted by Crippen LogP contribution is -2.36. The molecule has 0 saturated carbocycles. The van der Waals surface area contributed by atoms with Gasteiger partial charge in [-0.05, 0) is 24.2 Å². The largest absolute Gasteiger partial charge is 0.493 e. The molecular weight excluding hydrogens is 386 g/mol. The number of nitrogens with zero attached hydrogens (tertiary/aromatic N) is 3. The molecule has 1 unspecified atom stereocenters. The molecule has 0 aliphatic carbocycles. The van der Waals surface area contributed by atoms with Gasteiger partial charge in [0.05, 0.1) is 26.9 Å². The Labute approximate surface area is 175 Å². The standard InChI is InChI=1S/C22H27N3O5/c1-4-24(13-16-10-11-19(28-2)20(12-16)29-3)14-18(26)15-25-21(23-30-22(25)27)17-8-6-5-7-9-17/h5-12,18,26H,4,13-15H2,1-3H3. The molecule has 3 rings (SSSR count). The maximum absolute atomic E-state index is 12.1. The normalized spacial score (nSPS) is 12.2. The molecule has 1 aromatic heterocycles. The number of rotatable bonds is 10. The number of aromatic nitrogens is 2. The van der Waals surface area contributed by atoms with E-state index in [0.29, 0.717) is 30.4 Å². The van der Waals surface area contributed by atoms with Crippen LogP contribution in [0.5, 0.6) is 11.5 Å². The first kappa shape index (κ1) is 21.6. The summed E-state index contributed by atoms with van der Waals surface area (Å²) in [5.74, 6) is 1.15. The van der Waals surface area contributed by atoms with Crippen LogP contribution in [0, 0.1) is 0 Å². The first-order chi connectivity index (χ1) is 14.5. The maximum Gasteiger partial charge on any atom is 0.441 e. The topological polar surface area (TPSA) is 90.0 Å². The predicted octanol–water partition coefficient (Wildman–Crippen LogP) is 2.40. The van der Waals surface area contributed by atoms with Crippen molar-refractivity contribution in [3.05, 3.63) is 64.6 Å². The van der Waals surface area contributed by atoms with E-state index in [2.05, 4.69) is 10.1 Å². The molecular formula is C22H27N3O5. The van der Waals surface area contributed by atoms with Crippen molar-refractivity contribution in [1.82, 2.24) is 14.6 Å². The van der Waals surface area contributed by atoms with Crippen LogP contribution in [0.25, 0.3) is 11.4 Å². The molecule has 0 aliphatic rings. The Bertz CT molecular complexity index is 1000. The summed E-state index contributed by atoms with van der Waals surface area (Å²) in [6.07, 6.45) is -0.773. The van der Waals surface area contributed by atoms with E-state index in [1.165, 1.54) is 4.57 Å². The molecule has 160 valence electrons. The Morgan fingerprint density at radius 1 is 1.13 bits per heavy atom. The van der Waals surface area contributed by atoms with Gasteiger partial charge in [0.25, 0.3) is 0 Å². The number of hydrogen-bond donors (Lipinski definition) is 1. The van der Waals surface area contributed by atoms with Crippen molar-refractivity contribution in [3.8, 4) is 22.9 Å². The van der Waals surface area contributed by atoms with Gasteiger partial charge in [-0.25, -0.2) is 4.79 Å². The third-order valence-corrected chi connectivity index (χ3v) is 4.88. The number of benzene rings is 2. The van der Waals surface area contributed by atoms with Gasteiger partial charge in [-0.1, -0.05) is 48.5 Å². The first-order valence-electron chi connectivity index (χ1n) is 9.79. The Balaban J connectivity index is 1.69. The molecule has 0 saturated heterocycles. The van der Waals surface area contributed by atoms with E-state index < -0.39 is 11.9 Å². The SMILES string of the molecule is CCN(Cc1ccc(OC)c(OC)c1)CC(O)Cn1c(-c2ccccc2)noc1=O. The van der Waals surface area contributed by atoms with E-state index in [0.717, 1.165) is 17.7 Å². The van der Waals surface area contributed by atoms with E-state index in [-0.39, 0.29) is 6.54 Å². The van der Waals surface area contributed by atoms with Crippen LogP contribution in [0.3, 0.4) is 0 Å². The molecule has 8 nitrogen and oxygen atoms in total. The summed E-state index contributed by atoms with van der Waals surface area (Å²) in [5.41, 5.74) is 1.79. The molecule has 1 atom stereocenters. The van der Waals surface area contributed by atoms with Crippen LogP contribution >= 0.6 is 0 Å². The lowest BCUT2D eigenvalue weighted by atomic mass is 10.1. The fraction of sp³-hybridized carbons (Fsp3) is 0.364. The number of aliphatic hydroxyl groups excluding tert-OH is 1. The van der Waals surface area contributed by atoms with Gasteiger partial charge in [0, 0.05) is 18.7 Å². The van der Waals surface area contributed by atoms with Crippen molar-refractivity contribution in [3.63, 3.8) is 0 Å². The van der Waals surface area contributed by atoms with Crippen molar-refractivity contribution < 1.29 is 19.1 Å². The van der Waals surface area contributed by atoms with Crippen molar-refractivity contribution in [2.24, 2.45) is 0 Å². The third-order valence-electron chi connectivity index (χ3n) is 4.88. The highest BCUT2D eigenvalue weighted by Crippen LogP contribution is 2.28. The molecule has 0 spiro atoms. The lowest BCUT2D eigenvalue weighted by Gasteiger charge is -2.24. The minimum atomic E-state index is -0.773. The van der Waals surface area contributed by atoms with Gasteiger partial charge in [-0.3, -0.25) is 14.0 Å². The average Bonchev–Trinajstić information content (AvgIpc) is 3.13. The Hall–Kier alpha value is -3.10. The molecule has 1 heterocycles. The van der Waals surface area contributed by atoms with E-state index in [9.17, 15) is 9.90 Å². The van der Waals surface area contributed by atoms with Gasteiger partial charge < -0.3 is 14.6 Å². The quantitative estimate of drug-likeness (QED) is 0.546. The smallest absolute Gasteiger partial charge is 0.441 e. The minimum absolute atomic E-state index is 0.0923.